The van der Waals surface area contributed by atoms with Crippen LogP contribution in [0.2, 0.25) is 0 Å². The Kier molecular flexibility index (Phi) is 7.33. The molecule has 0 radical (unpaired) electrons. The number of hydrogen-bond donors (Lipinski definition) is 0. The predicted molar refractivity (Wildman–Crippen MR) is 159 cm³/mol. The van der Waals surface area contributed by atoms with Gasteiger partial charge in [-0.15, -0.1) is 10.2 Å². The van der Waals surface area contributed by atoms with Gasteiger partial charge in [-0.3, -0.25) is 14.7 Å². The highest BCUT2D eigenvalue weighted by atomic mass is 19.3. The van der Waals surface area contributed by atoms with Gasteiger partial charge in [0.2, 0.25) is 5.89 Å². The quantitative estimate of drug-likeness (QED) is 0.257. The highest BCUT2D eigenvalue weighted by Crippen LogP contribution is 2.30. The minimum Gasteiger partial charge on any atom is -0.436 e. The number of fused-ring (bicyclic) bond motifs is 1. The van der Waals surface area contributed by atoms with Crippen LogP contribution in [0.15, 0.2) is 77.5 Å². The van der Waals surface area contributed by atoms with E-state index in [0.29, 0.717) is 53.5 Å². The van der Waals surface area contributed by atoms with Crippen LogP contribution in [0.1, 0.15) is 40.3 Å². The van der Waals surface area contributed by atoms with Crippen molar-refractivity contribution in [2.75, 3.05) is 26.2 Å². The maximum atomic E-state index is 13.5. The Hall–Kier alpha value is -5.37. The second-order valence-electron chi connectivity index (χ2n) is 10.8. The molecule has 0 aliphatic carbocycles. The Morgan fingerprint density at radius 3 is 2.47 bits per heavy atom. The fourth-order valence-electron chi connectivity index (χ4n) is 5.59. The van der Waals surface area contributed by atoms with Gasteiger partial charge in [0.05, 0.1) is 17.9 Å². The average molecular weight is 611 g/mol. The summed E-state index contributed by atoms with van der Waals surface area (Å²) in [6.07, 6.45) is 3.40. The lowest BCUT2D eigenvalue weighted by Crippen LogP contribution is -2.50. The molecule has 0 bridgehead atoms. The molecule has 228 valence electrons. The monoisotopic (exact) mass is 610 g/mol. The second kappa shape index (κ2) is 11.6. The number of carbonyl (C=O) groups excluding carboxylic acids is 1. The maximum Gasteiger partial charge on any atom is 0.350 e. The number of amides is 1. The zero-order valence-corrected chi connectivity index (χ0v) is 24.5. The Labute approximate surface area is 255 Å². The third-order valence-corrected chi connectivity index (χ3v) is 8.07. The van der Waals surface area contributed by atoms with E-state index in [4.69, 9.17) is 9.40 Å². The zero-order valence-electron chi connectivity index (χ0n) is 24.5. The molecule has 7 rings (SSSR count). The molecule has 4 aromatic heterocycles. The second-order valence-corrected chi connectivity index (χ2v) is 10.8. The number of benzene rings is 2. The van der Waals surface area contributed by atoms with Gasteiger partial charge < -0.3 is 13.9 Å². The van der Waals surface area contributed by atoms with Crippen LogP contribution in [0.5, 0.6) is 0 Å². The van der Waals surface area contributed by atoms with Crippen molar-refractivity contribution in [3.63, 3.8) is 0 Å². The Bertz CT molecular complexity index is 1980. The van der Waals surface area contributed by atoms with Crippen LogP contribution in [-0.4, -0.2) is 81.6 Å². The number of hydrogen-bond acceptors (Lipinski definition) is 9. The van der Waals surface area contributed by atoms with E-state index in [2.05, 4.69) is 30.3 Å². The van der Waals surface area contributed by atoms with E-state index < -0.39 is 12.6 Å². The van der Waals surface area contributed by atoms with Crippen molar-refractivity contribution >= 4 is 17.0 Å². The molecule has 1 fully saturated rings. The van der Waals surface area contributed by atoms with Crippen molar-refractivity contribution in [1.82, 2.24) is 49.5 Å². The van der Waals surface area contributed by atoms with Gasteiger partial charge in [0, 0.05) is 50.6 Å². The molecule has 1 aliphatic rings. The number of imidazole rings is 1. The third kappa shape index (κ3) is 5.44. The number of piperazine rings is 1. The summed E-state index contributed by atoms with van der Waals surface area (Å²) in [6, 6.07) is 18.2. The number of aryl methyl sites for hydroxylation is 1. The van der Waals surface area contributed by atoms with Crippen molar-refractivity contribution in [2.24, 2.45) is 7.05 Å². The lowest BCUT2D eigenvalue weighted by molar-refractivity contribution is 0.0385. The van der Waals surface area contributed by atoms with Gasteiger partial charge in [-0.05, 0) is 48.0 Å². The standard InChI is InChI=1S/C31H28F2N10O2/c1-19-35-18-25(40(19)2)21-8-9-26-23(16-21)36-29(45-26)22-10-11-34-24(17-22)30(44)42-14-12-41(13-15-42)27(20-6-4-3-5-7-20)28-37-39-43(38-28)31(32)33/h3-11,16-18,27,31H,12-15H2,1-2H3/t27-/m1/s1. The predicted octanol–water partition coefficient (Wildman–Crippen LogP) is 4.53. The van der Waals surface area contributed by atoms with Crippen molar-refractivity contribution < 1.29 is 18.0 Å². The summed E-state index contributed by atoms with van der Waals surface area (Å²) in [5.74, 6) is 1.25. The number of tetrazole rings is 1. The van der Waals surface area contributed by atoms with Crippen LogP contribution in [0.25, 0.3) is 33.8 Å². The van der Waals surface area contributed by atoms with Crippen molar-refractivity contribution in [3.8, 4) is 22.7 Å². The summed E-state index contributed by atoms with van der Waals surface area (Å²) in [4.78, 5) is 31.1. The summed E-state index contributed by atoms with van der Waals surface area (Å²) >= 11 is 0. The van der Waals surface area contributed by atoms with Crippen molar-refractivity contribution in [3.05, 3.63) is 96.0 Å². The number of carbonyl (C=O) groups is 1. The van der Waals surface area contributed by atoms with E-state index in [0.717, 1.165) is 22.6 Å². The summed E-state index contributed by atoms with van der Waals surface area (Å²) < 4.78 is 34.4. The lowest BCUT2D eigenvalue weighted by Gasteiger charge is -2.38. The first kappa shape index (κ1) is 28.4. The molecule has 45 heavy (non-hydrogen) atoms. The highest BCUT2D eigenvalue weighted by Gasteiger charge is 2.32. The summed E-state index contributed by atoms with van der Waals surface area (Å²) in [5, 5.41) is 11.4. The van der Waals surface area contributed by atoms with Gasteiger partial charge in [-0.2, -0.15) is 8.78 Å². The molecule has 1 saturated heterocycles. The fraction of sp³-hybridized carbons (Fsp3) is 0.258. The van der Waals surface area contributed by atoms with Gasteiger partial charge in [0.15, 0.2) is 11.4 Å². The molecule has 0 spiro atoms. The Balaban J connectivity index is 1.08. The van der Waals surface area contributed by atoms with E-state index >= 15 is 0 Å². The Morgan fingerprint density at radius 2 is 1.76 bits per heavy atom. The van der Waals surface area contributed by atoms with E-state index in [9.17, 15) is 13.6 Å². The summed E-state index contributed by atoms with van der Waals surface area (Å²) in [5.41, 5.74) is 5.03. The minimum absolute atomic E-state index is 0.177. The normalized spacial score (nSPS) is 14.8. The number of rotatable bonds is 7. The molecule has 5 heterocycles. The lowest BCUT2D eigenvalue weighted by atomic mass is 10.0. The van der Waals surface area contributed by atoms with Crippen molar-refractivity contribution in [1.29, 1.82) is 0 Å². The molecular formula is C31H28F2N10O2. The average Bonchev–Trinajstić information content (AvgIpc) is 3.81. The van der Waals surface area contributed by atoms with Gasteiger partial charge in [-0.1, -0.05) is 35.1 Å². The van der Waals surface area contributed by atoms with E-state index in [-0.39, 0.29) is 17.4 Å². The molecule has 1 atom stereocenters. The van der Waals surface area contributed by atoms with Gasteiger partial charge >= 0.3 is 6.55 Å². The van der Waals surface area contributed by atoms with E-state index in [1.807, 2.05) is 73.3 Å². The highest BCUT2D eigenvalue weighted by molar-refractivity contribution is 5.93. The molecule has 1 amide bonds. The smallest absolute Gasteiger partial charge is 0.350 e. The van der Waals surface area contributed by atoms with Crippen LogP contribution in [0, 0.1) is 6.92 Å². The fourth-order valence-corrected chi connectivity index (χ4v) is 5.59. The van der Waals surface area contributed by atoms with Gasteiger partial charge in [0.1, 0.15) is 17.0 Å². The van der Waals surface area contributed by atoms with Crippen LogP contribution in [-0.2, 0) is 7.05 Å². The molecule has 2 aromatic carbocycles. The SMILES string of the molecule is Cc1ncc(-c2ccc3oc(-c4ccnc(C(=O)N5CCN([C@H](c6ccccc6)c6nnn(C(F)F)n6)CC5)c4)nc3c2)n1C. The van der Waals surface area contributed by atoms with Crippen LogP contribution in [0.4, 0.5) is 8.78 Å². The van der Waals surface area contributed by atoms with Gasteiger partial charge in [0.25, 0.3) is 5.91 Å². The topological polar surface area (TPSA) is 124 Å². The molecule has 1 aliphatic heterocycles. The van der Waals surface area contributed by atoms with Crippen molar-refractivity contribution in [2.45, 2.75) is 19.5 Å². The number of pyridine rings is 1. The number of aromatic nitrogens is 8. The molecule has 0 saturated carbocycles. The molecule has 0 N–H and O–H groups in total. The zero-order chi connectivity index (χ0) is 31.1. The Morgan fingerprint density at radius 1 is 0.956 bits per heavy atom. The third-order valence-electron chi connectivity index (χ3n) is 8.07. The first-order chi connectivity index (χ1) is 21.9. The molecule has 0 unspecified atom stereocenters. The first-order valence-corrected chi connectivity index (χ1v) is 14.4. The number of nitrogens with zero attached hydrogens (tertiary/aromatic N) is 10. The first-order valence-electron chi connectivity index (χ1n) is 14.4. The largest absolute Gasteiger partial charge is 0.436 e. The van der Waals surface area contributed by atoms with Gasteiger partial charge in [-0.25, -0.2) is 9.97 Å². The number of halogens is 2. The molecular weight excluding hydrogens is 582 g/mol. The molecule has 6 aromatic rings. The van der Waals surface area contributed by atoms with E-state index in [1.54, 1.807) is 23.2 Å². The minimum atomic E-state index is -2.89. The van der Waals surface area contributed by atoms with Crippen LogP contribution in [0.3, 0.4) is 0 Å². The maximum absolute atomic E-state index is 13.5. The molecule has 12 nitrogen and oxygen atoms in total. The van der Waals surface area contributed by atoms with Crippen LogP contribution >= 0.6 is 0 Å². The van der Waals surface area contributed by atoms with Crippen LogP contribution < -0.4 is 0 Å². The number of oxazole rings is 1. The summed E-state index contributed by atoms with van der Waals surface area (Å²) in [6.45, 7) is 0.801. The number of alkyl halides is 2. The molecule has 14 heteroatoms. The van der Waals surface area contributed by atoms with E-state index in [1.165, 1.54) is 0 Å². The summed E-state index contributed by atoms with van der Waals surface area (Å²) in [7, 11) is 1.97.